The zero-order valence-corrected chi connectivity index (χ0v) is 8.48. The molecular formula is C9H20N2O. The first-order valence-corrected chi connectivity index (χ1v) is 4.41. The SMILES string of the molecule is CC(C)NC(=O)C(C)(C)CCN. The summed E-state index contributed by atoms with van der Waals surface area (Å²) in [5.41, 5.74) is 5.07. The molecule has 0 heterocycles. The number of carbonyl (C=O) groups is 1. The van der Waals surface area contributed by atoms with Crippen LogP contribution in [-0.4, -0.2) is 18.5 Å². The highest BCUT2D eigenvalue weighted by Crippen LogP contribution is 2.19. The van der Waals surface area contributed by atoms with Crippen LogP contribution < -0.4 is 11.1 Å². The van der Waals surface area contributed by atoms with Crippen molar-refractivity contribution in [1.29, 1.82) is 0 Å². The van der Waals surface area contributed by atoms with Crippen LogP contribution in [0.4, 0.5) is 0 Å². The van der Waals surface area contributed by atoms with Crippen molar-refractivity contribution in [2.24, 2.45) is 11.1 Å². The van der Waals surface area contributed by atoms with Crippen LogP contribution in [0.1, 0.15) is 34.1 Å². The Labute approximate surface area is 74.7 Å². The van der Waals surface area contributed by atoms with E-state index in [1.54, 1.807) is 0 Å². The second-order valence-corrected chi connectivity index (χ2v) is 4.05. The Morgan fingerprint density at radius 1 is 1.50 bits per heavy atom. The fourth-order valence-corrected chi connectivity index (χ4v) is 0.932. The van der Waals surface area contributed by atoms with Gasteiger partial charge in [0.05, 0.1) is 0 Å². The summed E-state index contributed by atoms with van der Waals surface area (Å²) in [4.78, 5) is 11.5. The van der Waals surface area contributed by atoms with E-state index in [0.717, 1.165) is 6.42 Å². The van der Waals surface area contributed by atoms with Crippen molar-refractivity contribution in [3.63, 3.8) is 0 Å². The summed E-state index contributed by atoms with van der Waals surface area (Å²) in [6, 6.07) is 0.203. The van der Waals surface area contributed by atoms with Gasteiger partial charge in [0.25, 0.3) is 0 Å². The van der Waals surface area contributed by atoms with Crippen molar-refractivity contribution in [2.45, 2.75) is 40.2 Å². The van der Waals surface area contributed by atoms with Crippen molar-refractivity contribution in [3.8, 4) is 0 Å². The van der Waals surface area contributed by atoms with E-state index in [9.17, 15) is 4.79 Å². The molecule has 0 bridgehead atoms. The monoisotopic (exact) mass is 172 g/mol. The summed E-state index contributed by atoms with van der Waals surface area (Å²) < 4.78 is 0. The van der Waals surface area contributed by atoms with E-state index in [0.29, 0.717) is 6.54 Å². The smallest absolute Gasteiger partial charge is 0.225 e. The number of hydrogen-bond acceptors (Lipinski definition) is 2. The van der Waals surface area contributed by atoms with Gasteiger partial charge in [-0.2, -0.15) is 0 Å². The van der Waals surface area contributed by atoms with Crippen molar-refractivity contribution in [3.05, 3.63) is 0 Å². The van der Waals surface area contributed by atoms with Gasteiger partial charge in [-0.1, -0.05) is 13.8 Å². The molecule has 72 valence electrons. The fourth-order valence-electron chi connectivity index (χ4n) is 0.932. The van der Waals surface area contributed by atoms with Gasteiger partial charge in [0.1, 0.15) is 0 Å². The van der Waals surface area contributed by atoms with E-state index in [2.05, 4.69) is 5.32 Å². The van der Waals surface area contributed by atoms with Crippen LogP contribution in [0.3, 0.4) is 0 Å². The summed E-state index contributed by atoms with van der Waals surface area (Å²) >= 11 is 0. The minimum atomic E-state index is -0.334. The average Bonchev–Trinajstić information content (AvgIpc) is 1.85. The maximum absolute atomic E-state index is 11.5. The Balaban J connectivity index is 4.06. The molecule has 0 aromatic heterocycles. The van der Waals surface area contributed by atoms with Crippen molar-refractivity contribution < 1.29 is 4.79 Å². The second kappa shape index (κ2) is 4.45. The van der Waals surface area contributed by atoms with Crippen molar-refractivity contribution in [1.82, 2.24) is 5.32 Å². The second-order valence-electron chi connectivity index (χ2n) is 4.05. The number of nitrogens with two attached hydrogens (primary N) is 1. The Morgan fingerprint density at radius 3 is 2.33 bits per heavy atom. The quantitative estimate of drug-likeness (QED) is 0.661. The van der Waals surface area contributed by atoms with Crippen molar-refractivity contribution in [2.75, 3.05) is 6.54 Å². The summed E-state index contributed by atoms with van der Waals surface area (Å²) in [6.45, 7) is 8.29. The summed E-state index contributed by atoms with van der Waals surface area (Å²) in [7, 11) is 0. The molecule has 0 aromatic carbocycles. The molecule has 0 aliphatic rings. The summed E-state index contributed by atoms with van der Waals surface area (Å²) in [5.74, 6) is 0.0861. The molecular weight excluding hydrogens is 152 g/mol. The van der Waals surface area contributed by atoms with E-state index in [4.69, 9.17) is 5.73 Å². The zero-order valence-electron chi connectivity index (χ0n) is 8.48. The van der Waals surface area contributed by atoms with E-state index in [-0.39, 0.29) is 17.4 Å². The molecule has 0 rings (SSSR count). The number of amides is 1. The lowest BCUT2D eigenvalue weighted by molar-refractivity contribution is -0.130. The molecule has 0 spiro atoms. The van der Waals surface area contributed by atoms with Gasteiger partial charge < -0.3 is 11.1 Å². The minimum absolute atomic E-state index is 0.0861. The molecule has 0 saturated carbocycles. The normalized spacial score (nSPS) is 11.8. The standard InChI is InChI=1S/C9H20N2O/c1-7(2)11-8(12)9(3,4)5-6-10/h7H,5-6,10H2,1-4H3,(H,11,12). The Hall–Kier alpha value is -0.570. The highest BCUT2D eigenvalue weighted by Gasteiger charge is 2.26. The third-order valence-electron chi connectivity index (χ3n) is 1.80. The van der Waals surface area contributed by atoms with Gasteiger partial charge in [-0.05, 0) is 26.8 Å². The molecule has 0 radical (unpaired) electrons. The minimum Gasteiger partial charge on any atom is -0.353 e. The van der Waals surface area contributed by atoms with E-state index < -0.39 is 0 Å². The van der Waals surface area contributed by atoms with Crippen LogP contribution in [0, 0.1) is 5.41 Å². The first kappa shape index (κ1) is 11.4. The molecule has 0 aliphatic carbocycles. The first-order valence-electron chi connectivity index (χ1n) is 4.41. The van der Waals surface area contributed by atoms with Crippen LogP contribution in [0.2, 0.25) is 0 Å². The molecule has 1 amide bonds. The molecule has 3 N–H and O–H groups in total. The number of rotatable bonds is 4. The Bertz CT molecular complexity index is 153. The summed E-state index contributed by atoms with van der Waals surface area (Å²) in [5, 5.41) is 2.87. The molecule has 0 unspecified atom stereocenters. The topological polar surface area (TPSA) is 55.1 Å². The third-order valence-corrected chi connectivity index (χ3v) is 1.80. The number of carbonyl (C=O) groups excluding carboxylic acids is 1. The van der Waals surface area contributed by atoms with Crippen LogP contribution in [-0.2, 0) is 4.79 Å². The van der Waals surface area contributed by atoms with Gasteiger partial charge in [0.2, 0.25) is 5.91 Å². The molecule has 0 atom stereocenters. The van der Waals surface area contributed by atoms with Gasteiger partial charge in [-0.3, -0.25) is 4.79 Å². The predicted octanol–water partition coefficient (Wildman–Crippen LogP) is 0.886. The lowest BCUT2D eigenvalue weighted by Crippen LogP contribution is -2.41. The van der Waals surface area contributed by atoms with Crippen LogP contribution in [0.5, 0.6) is 0 Å². The largest absolute Gasteiger partial charge is 0.353 e. The molecule has 0 aliphatic heterocycles. The Kier molecular flexibility index (Phi) is 4.24. The molecule has 0 fully saturated rings. The molecule has 12 heavy (non-hydrogen) atoms. The van der Waals surface area contributed by atoms with Gasteiger partial charge in [0, 0.05) is 11.5 Å². The molecule has 3 heteroatoms. The van der Waals surface area contributed by atoms with Gasteiger partial charge in [-0.25, -0.2) is 0 Å². The van der Waals surface area contributed by atoms with Crippen LogP contribution >= 0.6 is 0 Å². The van der Waals surface area contributed by atoms with E-state index in [1.807, 2.05) is 27.7 Å². The van der Waals surface area contributed by atoms with Gasteiger partial charge in [-0.15, -0.1) is 0 Å². The highest BCUT2D eigenvalue weighted by molar-refractivity contribution is 5.81. The zero-order chi connectivity index (χ0) is 9.78. The molecule has 0 aromatic rings. The third kappa shape index (κ3) is 3.72. The Morgan fingerprint density at radius 2 is 2.00 bits per heavy atom. The predicted molar refractivity (Wildman–Crippen MR) is 50.7 cm³/mol. The maximum Gasteiger partial charge on any atom is 0.225 e. The molecule has 3 nitrogen and oxygen atoms in total. The first-order chi connectivity index (χ1) is 5.40. The lowest BCUT2D eigenvalue weighted by Gasteiger charge is -2.24. The van der Waals surface area contributed by atoms with Gasteiger partial charge in [0.15, 0.2) is 0 Å². The highest BCUT2D eigenvalue weighted by atomic mass is 16.2. The number of hydrogen-bond donors (Lipinski definition) is 2. The lowest BCUT2D eigenvalue weighted by atomic mass is 9.88. The number of nitrogens with one attached hydrogen (secondary N) is 1. The van der Waals surface area contributed by atoms with Crippen LogP contribution in [0.25, 0.3) is 0 Å². The van der Waals surface area contributed by atoms with E-state index in [1.165, 1.54) is 0 Å². The van der Waals surface area contributed by atoms with Gasteiger partial charge >= 0.3 is 0 Å². The fraction of sp³-hybridized carbons (Fsp3) is 0.889. The van der Waals surface area contributed by atoms with E-state index >= 15 is 0 Å². The van der Waals surface area contributed by atoms with Crippen molar-refractivity contribution >= 4 is 5.91 Å². The maximum atomic E-state index is 11.5. The van der Waals surface area contributed by atoms with Crippen LogP contribution in [0.15, 0.2) is 0 Å². The summed E-state index contributed by atoms with van der Waals surface area (Å²) in [6.07, 6.45) is 0.728. The molecule has 0 saturated heterocycles. The average molecular weight is 172 g/mol.